The molecule has 0 fully saturated rings. The average Bonchev–Trinajstić information content (AvgIpc) is 3.16. The number of ether oxygens (including phenoxy) is 2. The van der Waals surface area contributed by atoms with Crippen molar-refractivity contribution < 1.29 is 14.3 Å². The van der Waals surface area contributed by atoms with Crippen LogP contribution in [-0.2, 0) is 6.54 Å². The second-order valence-corrected chi connectivity index (χ2v) is 6.99. The highest BCUT2D eigenvalue weighted by atomic mass is 16.7. The number of aromatic nitrogens is 2. The summed E-state index contributed by atoms with van der Waals surface area (Å²) in [5.74, 6) is 1.75. The van der Waals surface area contributed by atoms with Crippen LogP contribution in [0.15, 0.2) is 48.8 Å². The summed E-state index contributed by atoms with van der Waals surface area (Å²) in [5.41, 5.74) is 3.04. The number of rotatable bonds is 5. The molecule has 0 spiro atoms. The van der Waals surface area contributed by atoms with E-state index in [0.717, 1.165) is 22.6 Å². The van der Waals surface area contributed by atoms with Crippen LogP contribution in [0.25, 0.3) is 11.0 Å². The van der Waals surface area contributed by atoms with E-state index in [-0.39, 0.29) is 12.7 Å². The third kappa shape index (κ3) is 3.56. The number of carbonyl (C=O) groups is 1. The molecule has 0 bridgehead atoms. The topological polar surface area (TPSA) is 64.6 Å². The van der Waals surface area contributed by atoms with Gasteiger partial charge in [-0.3, -0.25) is 14.8 Å². The molecule has 0 unspecified atom stereocenters. The number of hydrogen-bond acceptors (Lipinski definition) is 5. The molecule has 27 heavy (non-hydrogen) atoms. The summed E-state index contributed by atoms with van der Waals surface area (Å²) in [6.45, 7) is 5.51. The Kier molecular flexibility index (Phi) is 4.62. The first kappa shape index (κ1) is 17.3. The van der Waals surface area contributed by atoms with Gasteiger partial charge >= 0.3 is 0 Å². The number of para-hydroxylation sites is 1. The minimum atomic E-state index is -0.0345. The number of nitrogens with zero attached hydrogens (tertiary/aromatic N) is 3. The highest BCUT2D eigenvalue weighted by molar-refractivity contribution is 5.97. The Morgan fingerprint density at radius 3 is 2.74 bits per heavy atom. The van der Waals surface area contributed by atoms with Crippen molar-refractivity contribution in [3.8, 4) is 11.5 Å². The van der Waals surface area contributed by atoms with Crippen molar-refractivity contribution in [3.05, 3.63) is 59.9 Å². The van der Waals surface area contributed by atoms with Gasteiger partial charge in [0.05, 0.1) is 11.0 Å². The predicted octanol–water partition coefficient (Wildman–Crippen LogP) is 3.66. The first-order valence-electron chi connectivity index (χ1n) is 8.99. The lowest BCUT2D eigenvalue weighted by Crippen LogP contribution is -2.33. The largest absolute Gasteiger partial charge is 0.454 e. The number of carbonyl (C=O) groups excluding carboxylic acids is 1. The molecule has 6 nitrogen and oxygen atoms in total. The molecule has 1 aliphatic heterocycles. The average molecular weight is 363 g/mol. The summed E-state index contributed by atoms with van der Waals surface area (Å²) in [5, 5.41) is 0. The smallest absolute Gasteiger partial charge is 0.254 e. The number of amides is 1. The maximum absolute atomic E-state index is 13.2. The van der Waals surface area contributed by atoms with E-state index in [1.54, 1.807) is 18.5 Å². The maximum Gasteiger partial charge on any atom is 0.254 e. The van der Waals surface area contributed by atoms with E-state index in [2.05, 4.69) is 23.8 Å². The van der Waals surface area contributed by atoms with Crippen LogP contribution < -0.4 is 9.47 Å². The normalized spacial score (nSPS) is 12.6. The molecule has 138 valence electrons. The van der Waals surface area contributed by atoms with Gasteiger partial charge in [0, 0.05) is 36.6 Å². The minimum absolute atomic E-state index is 0.0345. The standard InChI is InChI=1S/C21H21N3O3/c1-14(2)11-24(12-16-4-3-5-19-20(16)27-13-26-19)21(25)15-6-7-17-18(10-15)23-9-8-22-17/h3-10,14H,11-13H2,1-2H3. The summed E-state index contributed by atoms with van der Waals surface area (Å²) in [6.07, 6.45) is 3.28. The fourth-order valence-electron chi connectivity index (χ4n) is 3.26. The van der Waals surface area contributed by atoms with Crippen molar-refractivity contribution in [1.82, 2.24) is 14.9 Å². The number of hydrogen-bond donors (Lipinski definition) is 0. The summed E-state index contributed by atoms with van der Waals surface area (Å²) < 4.78 is 11.1. The zero-order valence-electron chi connectivity index (χ0n) is 15.4. The highest BCUT2D eigenvalue weighted by Crippen LogP contribution is 2.36. The lowest BCUT2D eigenvalue weighted by molar-refractivity contribution is 0.0721. The van der Waals surface area contributed by atoms with Crippen LogP contribution in [0.5, 0.6) is 11.5 Å². The van der Waals surface area contributed by atoms with Crippen molar-refractivity contribution >= 4 is 16.9 Å². The van der Waals surface area contributed by atoms with E-state index >= 15 is 0 Å². The van der Waals surface area contributed by atoms with E-state index in [1.807, 2.05) is 35.2 Å². The first-order chi connectivity index (χ1) is 13.1. The fourth-order valence-corrected chi connectivity index (χ4v) is 3.26. The first-order valence-corrected chi connectivity index (χ1v) is 8.99. The SMILES string of the molecule is CC(C)CN(Cc1cccc2c1OCO2)C(=O)c1ccc2nccnc2c1. The lowest BCUT2D eigenvalue weighted by Gasteiger charge is -2.25. The van der Waals surface area contributed by atoms with Gasteiger partial charge in [0.1, 0.15) is 0 Å². The van der Waals surface area contributed by atoms with E-state index < -0.39 is 0 Å². The van der Waals surface area contributed by atoms with Crippen molar-refractivity contribution in [2.75, 3.05) is 13.3 Å². The van der Waals surface area contributed by atoms with Crippen LogP contribution in [0.3, 0.4) is 0 Å². The minimum Gasteiger partial charge on any atom is -0.454 e. The Morgan fingerprint density at radius 1 is 1.11 bits per heavy atom. The van der Waals surface area contributed by atoms with Gasteiger partial charge in [-0.2, -0.15) is 0 Å². The van der Waals surface area contributed by atoms with Crippen molar-refractivity contribution in [2.24, 2.45) is 5.92 Å². The van der Waals surface area contributed by atoms with Crippen molar-refractivity contribution in [2.45, 2.75) is 20.4 Å². The maximum atomic E-state index is 13.2. The predicted molar refractivity (Wildman–Crippen MR) is 102 cm³/mol. The van der Waals surface area contributed by atoms with E-state index in [9.17, 15) is 4.79 Å². The molecule has 0 N–H and O–H groups in total. The van der Waals surface area contributed by atoms with E-state index in [4.69, 9.17) is 9.47 Å². The lowest BCUT2D eigenvalue weighted by atomic mass is 10.1. The quantitative estimate of drug-likeness (QED) is 0.692. The highest BCUT2D eigenvalue weighted by Gasteiger charge is 2.23. The Hall–Kier alpha value is -3.15. The zero-order valence-corrected chi connectivity index (χ0v) is 15.4. The van der Waals surface area contributed by atoms with Crippen LogP contribution in [-0.4, -0.2) is 34.1 Å². The van der Waals surface area contributed by atoms with Gasteiger partial charge in [-0.25, -0.2) is 0 Å². The van der Waals surface area contributed by atoms with Crippen LogP contribution >= 0.6 is 0 Å². The van der Waals surface area contributed by atoms with Gasteiger partial charge in [0.15, 0.2) is 11.5 Å². The zero-order chi connectivity index (χ0) is 18.8. The van der Waals surface area contributed by atoms with Gasteiger partial charge in [-0.05, 0) is 30.2 Å². The molecule has 2 heterocycles. The monoisotopic (exact) mass is 363 g/mol. The van der Waals surface area contributed by atoms with Gasteiger partial charge in [0.2, 0.25) is 6.79 Å². The van der Waals surface area contributed by atoms with Crippen LogP contribution in [0.4, 0.5) is 0 Å². The number of benzene rings is 2. The molecule has 1 aromatic heterocycles. The van der Waals surface area contributed by atoms with Gasteiger partial charge in [-0.15, -0.1) is 0 Å². The summed E-state index contributed by atoms with van der Waals surface area (Å²) in [7, 11) is 0. The molecule has 0 radical (unpaired) electrons. The Bertz CT molecular complexity index is 987. The second-order valence-electron chi connectivity index (χ2n) is 6.99. The molecule has 0 aliphatic carbocycles. The Labute approximate surface area is 157 Å². The van der Waals surface area contributed by atoms with Crippen molar-refractivity contribution in [1.29, 1.82) is 0 Å². The van der Waals surface area contributed by atoms with E-state index in [1.165, 1.54) is 0 Å². The van der Waals surface area contributed by atoms with E-state index in [0.29, 0.717) is 30.1 Å². The van der Waals surface area contributed by atoms with Gasteiger partial charge in [-0.1, -0.05) is 26.0 Å². The molecule has 0 saturated heterocycles. The van der Waals surface area contributed by atoms with Crippen LogP contribution in [0, 0.1) is 5.92 Å². The number of fused-ring (bicyclic) bond motifs is 2. The van der Waals surface area contributed by atoms with Crippen molar-refractivity contribution in [3.63, 3.8) is 0 Å². The van der Waals surface area contributed by atoms with Gasteiger partial charge < -0.3 is 14.4 Å². The van der Waals surface area contributed by atoms with Crippen LogP contribution in [0.2, 0.25) is 0 Å². The summed E-state index contributed by atoms with van der Waals surface area (Å²) in [4.78, 5) is 23.7. The Balaban J connectivity index is 1.65. The van der Waals surface area contributed by atoms with Gasteiger partial charge in [0.25, 0.3) is 5.91 Å². The molecule has 1 amide bonds. The third-order valence-electron chi connectivity index (χ3n) is 4.43. The summed E-state index contributed by atoms with van der Waals surface area (Å²) >= 11 is 0. The molecule has 6 heteroatoms. The molecule has 2 aromatic carbocycles. The molecule has 0 atom stereocenters. The van der Waals surface area contributed by atoms with Crippen LogP contribution in [0.1, 0.15) is 29.8 Å². The Morgan fingerprint density at radius 2 is 1.93 bits per heavy atom. The molecular weight excluding hydrogens is 342 g/mol. The fraction of sp³-hybridized carbons (Fsp3) is 0.286. The molecule has 0 saturated carbocycles. The summed E-state index contributed by atoms with van der Waals surface area (Å²) in [6, 6.07) is 11.2. The third-order valence-corrected chi connectivity index (χ3v) is 4.43. The molecular formula is C21H21N3O3. The second kappa shape index (κ2) is 7.23. The molecule has 3 aromatic rings. The molecule has 4 rings (SSSR count). The molecule has 1 aliphatic rings.